The normalized spacial score (nSPS) is 12.4. The molecule has 100 valence electrons. The summed E-state index contributed by atoms with van der Waals surface area (Å²) in [6, 6.07) is 10.3. The summed E-state index contributed by atoms with van der Waals surface area (Å²) in [7, 11) is 0. The molecular formula is C14H15Br2N3. The van der Waals surface area contributed by atoms with E-state index in [-0.39, 0.29) is 6.04 Å². The molecule has 1 aromatic carbocycles. The van der Waals surface area contributed by atoms with Gasteiger partial charge >= 0.3 is 0 Å². The first-order valence-electron chi connectivity index (χ1n) is 5.92. The van der Waals surface area contributed by atoms with Gasteiger partial charge in [0.2, 0.25) is 0 Å². The molecule has 0 fully saturated rings. The van der Waals surface area contributed by atoms with Gasteiger partial charge < -0.3 is 0 Å². The van der Waals surface area contributed by atoms with Gasteiger partial charge in [0.05, 0.1) is 6.04 Å². The number of hydrogen-bond donors (Lipinski definition) is 2. The fraction of sp³-hybridized carbons (Fsp3) is 0.214. The number of aromatic nitrogens is 1. The molecular weight excluding hydrogens is 370 g/mol. The predicted molar refractivity (Wildman–Crippen MR) is 84.6 cm³/mol. The van der Waals surface area contributed by atoms with Crippen molar-refractivity contribution in [1.29, 1.82) is 0 Å². The van der Waals surface area contributed by atoms with Crippen molar-refractivity contribution >= 4 is 31.9 Å². The molecule has 2 rings (SSSR count). The Morgan fingerprint density at radius 3 is 2.63 bits per heavy atom. The van der Waals surface area contributed by atoms with Crippen LogP contribution in [0.25, 0.3) is 0 Å². The zero-order valence-corrected chi connectivity index (χ0v) is 13.7. The third kappa shape index (κ3) is 3.86. The standard InChI is InChI=1S/C14H15Br2N3/c1-9-2-3-10(6-13(9)16)14(19-17)7-12-5-4-11(15)8-18-12/h2-6,8,14,19H,7,17H2,1H3. The van der Waals surface area contributed by atoms with Crippen LogP contribution < -0.4 is 11.3 Å². The van der Waals surface area contributed by atoms with E-state index in [0.717, 1.165) is 26.6 Å². The first kappa shape index (κ1) is 14.7. The summed E-state index contributed by atoms with van der Waals surface area (Å²) < 4.78 is 2.07. The molecule has 0 saturated carbocycles. The molecule has 19 heavy (non-hydrogen) atoms. The van der Waals surface area contributed by atoms with Gasteiger partial charge in [0.25, 0.3) is 0 Å². The molecule has 0 radical (unpaired) electrons. The largest absolute Gasteiger partial charge is 0.271 e. The highest BCUT2D eigenvalue weighted by Crippen LogP contribution is 2.23. The van der Waals surface area contributed by atoms with Gasteiger partial charge in [-0.25, -0.2) is 0 Å². The second-order valence-corrected chi connectivity index (χ2v) is 6.17. The summed E-state index contributed by atoms with van der Waals surface area (Å²) in [6.07, 6.45) is 2.55. The van der Waals surface area contributed by atoms with Crippen LogP contribution in [-0.4, -0.2) is 4.98 Å². The molecule has 1 heterocycles. The van der Waals surface area contributed by atoms with Gasteiger partial charge in [-0.1, -0.05) is 28.1 Å². The zero-order valence-electron chi connectivity index (χ0n) is 10.5. The highest BCUT2D eigenvalue weighted by molar-refractivity contribution is 9.10. The first-order valence-corrected chi connectivity index (χ1v) is 7.51. The fourth-order valence-corrected chi connectivity index (χ4v) is 2.47. The Labute approximate surface area is 129 Å². The van der Waals surface area contributed by atoms with E-state index >= 15 is 0 Å². The smallest absolute Gasteiger partial charge is 0.0515 e. The minimum absolute atomic E-state index is 0.0468. The van der Waals surface area contributed by atoms with E-state index in [1.165, 1.54) is 5.56 Å². The fourth-order valence-electron chi connectivity index (χ4n) is 1.84. The Hall–Kier alpha value is -0.750. The second-order valence-electron chi connectivity index (χ2n) is 4.40. The number of hydrogen-bond acceptors (Lipinski definition) is 3. The van der Waals surface area contributed by atoms with Crippen LogP contribution in [0, 0.1) is 6.92 Å². The minimum Gasteiger partial charge on any atom is -0.271 e. The van der Waals surface area contributed by atoms with Crippen LogP contribution in [0.3, 0.4) is 0 Å². The quantitative estimate of drug-likeness (QED) is 0.624. The Morgan fingerprint density at radius 2 is 2.05 bits per heavy atom. The van der Waals surface area contributed by atoms with Crippen molar-refractivity contribution in [1.82, 2.24) is 10.4 Å². The summed E-state index contributed by atoms with van der Waals surface area (Å²) in [5.41, 5.74) is 6.21. The zero-order chi connectivity index (χ0) is 13.8. The molecule has 0 aliphatic rings. The van der Waals surface area contributed by atoms with Gasteiger partial charge in [-0.15, -0.1) is 0 Å². The summed E-state index contributed by atoms with van der Waals surface area (Å²) >= 11 is 6.93. The maximum absolute atomic E-state index is 5.67. The number of benzene rings is 1. The molecule has 5 heteroatoms. The van der Waals surface area contributed by atoms with Crippen LogP contribution in [0.5, 0.6) is 0 Å². The average molecular weight is 385 g/mol. The van der Waals surface area contributed by atoms with Gasteiger partial charge in [-0.3, -0.25) is 16.3 Å². The maximum atomic E-state index is 5.67. The van der Waals surface area contributed by atoms with Crippen molar-refractivity contribution in [2.75, 3.05) is 0 Å². The highest BCUT2D eigenvalue weighted by atomic mass is 79.9. The van der Waals surface area contributed by atoms with Crippen molar-refractivity contribution in [3.05, 3.63) is 62.3 Å². The SMILES string of the molecule is Cc1ccc(C(Cc2ccc(Br)cn2)NN)cc1Br. The Bertz CT molecular complexity index is 555. The molecule has 1 aromatic heterocycles. The molecule has 0 aliphatic carbocycles. The summed E-state index contributed by atoms with van der Waals surface area (Å²) in [5, 5.41) is 0. The number of halogens is 2. The molecule has 1 atom stereocenters. The number of nitrogens with two attached hydrogens (primary N) is 1. The minimum atomic E-state index is 0.0468. The number of hydrazine groups is 1. The lowest BCUT2D eigenvalue weighted by atomic mass is 10.0. The average Bonchev–Trinajstić information content (AvgIpc) is 2.41. The molecule has 3 nitrogen and oxygen atoms in total. The monoisotopic (exact) mass is 383 g/mol. The molecule has 2 aromatic rings. The lowest BCUT2D eigenvalue weighted by molar-refractivity contribution is 0.545. The van der Waals surface area contributed by atoms with Gasteiger partial charge in [-0.05, 0) is 52.2 Å². The molecule has 1 unspecified atom stereocenters. The molecule has 0 spiro atoms. The van der Waals surface area contributed by atoms with E-state index in [1.54, 1.807) is 6.20 Å². The number of rotatable bonds is 4. The second kappa shape index (κ2) is 6.61. The van der Waals surface area contributed by atoms with Crippen molar-refractivity contribution in [2.45, 2.75) is 19.4 Å². The maximum Gasteiger partial charge on any atom is 0.0515 e. The van der Waals surface area contributed by atoms with Crippen LogP contribution in [0.4, 0.5) is 0 Å². The molecule has 3 N–H and O–H groups in total. The number of nitrogens with zero attached hydrogens (tertiary/aromatic N) is 1. The van der Waals surface area contributed by atoms with E-state index < -0.39 is 0 Å². The van der Waals surface area contributed by atoms with Crippen LogP contribution in [0.2, 0.25) is 0 Å². The third-order valence-corrected chi connectivity index (χ3v) is 4.32. The molecule has 0 aliphatic heterocycles. The lowest BCUT2D eigenvalue weighted by Gasteiger charge is -2.17. The molecule has 0 bridgehead atoms. The van der Waals surface area contributed by atoms with Gasteiger partial charge in [0.1, 0.15) is 0 Å². The van der Waals surface area contributed by atoms with Gasteiger partial charge in [0.15, 0.2) is 0 Å². The van der Waals surface area contributed by atoms with E-state index in [4.69, 9.17) is 5.84 Å². The van der Waals surface area contributed by atoms with Crippen LogP contribution in [-0.2, 0) is 6.42 Å². The van der Waals surface area contributed by atoms with E-state index in [1.807, 2.05) is 12.1 Å². The molecule has 0 amide bonds. The van der Waals surface area contributed by atoms with E-state index in [2.05, 4.69) is 67.4 Å². The topological polar surface area (TPSA) is 50.9 Å². The van der Waals surface area contributed by atoms with Gasteiger partial charge in [-0.2, -0.15) is 0 Å². The number of aryl methyl sites for hydroxylation is 1. The van der Waals surface area contributed by atoms with Gasteiger partial charge in [0, 0.05) is 27.3 Å². The Morgan fingerprint density at radius 1 is 1.26 bits per heavy atom. The van der Waals surface area contributed by atoms with Crippen LogP contribution >= 0.6 is 31.9 Å². The summed E-state index contributed by atoms with van der Waals surface area (Å²) in [5.74, 6) is 5.67. The highest BCUT2D eigenvalue weighted by Gasteiger charge is 2.12. The Balaban J connectivity index is 2.19. The van der Waals surface area contributed by atoms with Crippen molar-refractivity contribution < 1.29 is 0 Å². The summed E-state index contributed by atoms with van der Waals surface area (Å²) in [6.45, 7) is 2.06. The lowest BCUT2D eigenvalue weighted by Crippen LogP contribution is -2.29. The molecule has 0 saturated heterocycles. The van der Waals surface area contributed by atoms with Crippen molar-refractivity contribution in [3.8, 4) is 0 Å². The van der Waals surface area contributed by atoms with Crippen LogP contribution in [0.1, 0.15) is 22.9 Å². The summed E-state index contributed by atoms with van der Waals surface area (Å²) in [4.78, 5) is 4.38. The third-order valence-electron chi connectivity index (χ3n) is 3.00. The predicted octanol–water partition coefficient (Wildman–Crippen LogP) is 3.66. The Kier molecular flexibility index (Phi) is 5.10. The van der Waals surface area contributed by atoms with Crippen molar-refractivity contribution in [3.63, 3.8) is 0 Å². The first-order chi connectivity index (χ1) is 9.10. The number of nitrogens with one attached hydrogen (secondary N) is 1. The number of pyridine rings is 1. The van der Waals surface area contributed by atoms with E-state index in [0.29, 0.717) is 0 Å². The van der Waals surface area contributed by atoms with E-state index in [9.17, 15) is 0 Å². The van der Waals surface area contributed by atoms with Crippen LogP contribution in [0.15, 0.2) is 45.5 Å². The van der Waals surface area contributed by atoms with Crippen molar-refractivity contribution in [2.24, 2.45) is 5.84 Å².